The van der Waals surface area contributed by atoms with Crippen molar-refractivity contribution in [3.8, 4) is 0 Å². The number of carbonyl (C=O) groups is 1. The second-order valence-corrected chi connectivity index (χ2v) is 7.59. The van der Waals surface area contributed by atoms with E-state index in [1.807, 2.05) is 4.90 Å². The number of nitrogens with one attached hydrogen (secondary N) is 1. The van der Waals surface area contributed by atoms with Crippen LogP contribution in [-0.4, -0.2) is 42.6 Å². The molecule has 3 fully saturated rings. The van der Waals surface area contributed by atoms with Crippen molar-refractivity contribution >= 4 is 17.2 Å². The fourth-order valence-electron chi connectivity index (χ4n) is 4.24. The van der Waals surface area contributed by atoms with Gasteiger partial charge in [-0.2, -0.15) is 11.3 Å². The molecule has 4 unspecified atom stereocenters. The molecule has 0 aromatic carbocycles. The summed E-state index contributed by atoms with van der Waals surface area (Å²) in [5.74, 6) is 1.01. The lowest BCUT2D eigenvalue weighted by atomic mass is 9.85. The molecule has 1 N–H and O–H groups in total. The molecule has 1 aromatic rings. The molecule has 0 spiro atoms. The smallest absolute Gasteiger partial charge is 0.239 e. The van der Waals surface area contributed by atoms with Gasteiger partial charge in [0.2, 0.25) is 5.91 Å². The first-order chi connectivity index (χ1) is 10.8. The Morgan fingerprint density at radius 2 is 2.27 bits per heavy atom. The first-order valence-corrected chi connectivity index (χ1v) is 9.44. The highest BCUT2D eigenvalue weighted by atomic mass is 32.1. The van der Waals surface area contributed by atoms with Crippen LogP contribution in [0.4, 0.5) is 0 Å². The topological polar surface area (TPSA) is 41.6 Å². The van der Waals surface area contributed by atoms with Crippen LogP contribution in [0.5, 0.6) is 0 Å². The molecule has 5 heteroatoms. The van der Waals surface area contributed by atoms with Crippen LogP contribution in [-0.2, 0) is 9.53 Å². The summed E-state index contributed by atoms with van der Waals surface area (Å²) in [5.41, 5.74) is 1.20. The van der Waals surface area contributed by atoms with Crippen molar-refractivity contribution in [1.29, 1.82) is 0 Å². The van der Waals surface area contributed by atoms with E-state index in [2.05, 4.69) is 22.1 Å². The number of thiophene rings is 1. The molecule has 1 aliphatic carbocycles. The van der Waals surface area contributed by atoms with Crippen molar-refractivity contribution in [1.82, 2.24) is 10.2 Å². The predicted molar refractivity (Wildman–Crippen MR) is 86.9 cm³/mol. The quantitative estimate of drug-likeness (QED) is 0.910. The largest absolute Gasteiger partial charge is 0.370 e. The molecule has 4 rings (SSSR count). The molecular formula is C17H24N2O2S. The molecule has 2 saturated heterocycles. The molecule has 3 heterocycles. The molecule has 3 aliphatic rings. The number of nitrogens with zero attached hydrogens (tertiary/aromatic N) is 1. The van der Waals surface area contributed by atoms with Gasteiger partial charge >= 0.3 is 0 Å². The Labute approximate surface area is 135 Å². The minimum Gasteiger partial charge on any atom is -0.370 e. The SMILES string of the molecule is O=C(C1CC2CCCCC2N1)N1CCOC(c2ccsc2)C1. The van der Waals surface area contributed by atoms with Crippen LogP contribution in [0.2, 0.25) is 0 Å². The zero-order valence-corrected chi connectivity index (χ0v) is 13.7. The van der Waals surface area contributed by atoms with Crippen LogP contribution >= 0.6 is 11.3 Å². The predicted octanol–water partition coefficient (Wildman–Crippen LogP) is 2.57. The minimum atomic E-state index is 0.0364. The van der Waals surface area contributed by atoms with E-state index in [1.165, 1.54) is 31.2 Å². The van der Waals surface area contributed by atoms with Gasteiger partial charge in [0.25, 0.3) is 0 Å². The van der Waals surface area contributed by atoms with Crippen LogP contribution < -0.4 is 5.32 Å². The Kier molecular flexibility index (Phi) is 4.20. The molecule has 0 radical (unpaired) electrons. The summed E-state index contributed by atoms with van der Waals surface area (Å²) in [7, 11) is 0. The highest BCUT2D eigenvalue weighted by molar-refractivity contribution is 7.07. The molecule has 120 valence electrons. The summed E-state index contributed by atoms with van der Waals surface area (Å²) >= 11 is 1.69. The van der Waals surface area contributed by atoms with Gasteiger partial charge in [-0.15, -0.1) is 0 Å². The second-order valence-electron chi connectivity index (χ2n) is 6.81. The molecule has 4 atom stereocenters. The second kappa shape index (κ2) is 6.30. The number of fused-ring (bicyclic) bond motifs is 1. The van der Waals surface area contributed by atoms with Crippen LogP contribution in [0.3, 0.4) is 0 Å². The van der Waals surface area contributed by atoms with Crippen molar-refractivity contribution in [2.45, 2.75) is 50.3 Å². The summed E-state index contributed by atoms with van der Waals surface area (Å²) < 4.78 is 5.85. The molecule has 1 aromatic heterocycles. The fourth-order valence-corrected chi connectivity index (χ4v) is 4.94. The van der Waals surface area contributed by atoms with Gasteiger partial charge < -0.3 is 15.0 Å². The van der Waals surface area contributed by atoms with Gasteiger partial charge in [0.05, 0.1) is 19.2 Å². The van der Waals surface area contributed by atoms with Crippen LogP contribution in [0.15, 0.2) is 16.8 Å². The Bertz CT molecular complexity index is 505. The number of hydrogen-bond acceptors (Lipinski definition) is 4. The van der Waals surface area contributed by atoms with Crippen LogP contribution in [0.1, 0.15) is 43.8 Å². The van der Waals surface area contributed by atoms with Crippen molar-refractivity contribution in [3.05, 3.63) is 22.4 Å². The summed E-state index contributed by atoms with van der Waals surface area (Å²) in [6.07, 6.45) is 6.27. The van der Waals surface area contributed by atoms with Crippen molar-refractivity contribution in [2.24, 2.45) is 5.92 Å². The number of ether oxygens (including phenoxy) is 1. The lowest BCUT2D eigenvalue weighted by Crippen LogP contribution is -2.50. The van der Waals surface area contributed by atoms with Gasteiger partial charge in [0.15, 0.2) is 0 Å². The Hall–Kier alpha value is -0.910. The number of hydrogen-bond donors (Lipinski definition) is 1. The van der Waals surface area contributed by atoms with Gasteiger partial charge in [-0.3, -0.25) is 4.79 Å². The average Bonchev–Trinajstić information content (AvgIpc) is 3.23. The van der Waals surface area contributed by atoms with Crippen molar-refractivity contribution in [2.75, 3.05) is 19.7 Å². The zero-order valence-electron chi connectivity index (χ0n) is 12.9. The van der Waals surface area contributed by atoms with Gasteiger partial charge in [-0.05, 0) is 47.6 Å². The van der Waals surface area contributed by atoms with Crippen LogP contribution in [0.25, 0.3) is 0 Å². The summed E-state index contributed by atoms with van der Waals surface area (Å²) in [6.45, 7) is 2.07. The number of rotatable bonds is 2. The maximum Gasteiger partial charge on any atom is 0.239 e. The lowest BCUT2D eigenvalue weighted by molar-refractivity contribution is -0.141. The van der Waals surface area contributed by atoms with E-state index < -0.39 is 0 Å². The number of carbonyl (C=O) groups excluding carboxylic acids is 1. The number of morpholine rings is 1. The third-order valence-electron chi connectivity index (χ3n) is 5.45. The monoisotopic (exact) mass is 320 g/mol. The van der Waals surface area contributed by atoms with Gasteiger partial charge in [-0.25, -0.2) is 0 Å². The molecule has 1 amide bonds. The molecule has 2 aliphatic heterocycles. The van der Waals surface area contributed by atoms with E-state index >= 15 is 0 Å². The van der Waals surface area contributed by atoms with E-state index in [9.17, 15) is 4.79 Å². The van der Waals surface area contributed by atoms with E-state index in [0.717, 1.165) is 18.9 Å². The summed E-state index contributed by atoms with van der Waals surface area (Å²) in [6, 6.07) is 2.72. The maximum absolute atomic E-state index is 12.9. The number of amides is 1. The fraction of sp³-hybridized carbons (Fsp3) is 0.706. The van der Waals surface area contributed by atoms with Gasteiger partial charge in [-0.1, -0.05) is 12.8 Å². The molecule has 1 saturated carbocycles. The normalized spacial score (nSPS) is 35.4. The lowest BCUT2D eigenvalue weighted by Gasteiger charge is -2.34. The Balaban J connectivity index is 1.40. The molecule has 4 nitrogen and oxygen atoms in total. The summed E-state index contributed by atoms with van der Waals surface area (Å²) in [5, 5.41) is 7.81. The summed E-state index contributed by atoms with van der Waals surface area (Å²) in [4.78, 5) is 14.9. The minimum absolute atomic E-state index is 0.0364. The Morgan fingerprint density at radius 3 is 3.09 bits per heavy atom. The first kappa shape index (κ1) is 14.7. The van der Waals surface area contributed by atoms with Crippen LogP contribution in [0, 0.1) is 5.92 Å². The maximum atomic E-state index is 12.9. The highest BCUT2D eigenvalue weighted by Crippen LogP contribution is 2.34. The van der Waals surface area contributed by atoms with Gasteiger partial charge in [0.1, 0.15) is 6.10 Å². The van der Waals surface area contributed by atoms with Crippen molar-refractivity contribution < 1.29 is 9.53 Å². The van der Waals surface area contributed by atoms with E-state index in [0.29, 0.717) is 19.2 Å². The van der Waals surface area contributed by atoms with Crippen molar-refractivity contribution in [3.63, 3.8) is 0 Å². The Morgan fingerprint density at radius 1 is 1.36 bits per heavy atom. The van der Waals surface area contributed by atoms with E-state index in [1.54, 1.807) is 11.3 Å². The first-order valence-electron chi connectivity index (χ1n) is 8.50. The van der Waals surface area contributed by atoms with E-state index in [4.69, 9.17) is 4.74 Å². The third kappa shape index (κ3) is 2.82. The standard InChI is InChI=1S/C17H24N2O2S/c20-17(15-9-12-3-1-2-4-14(12)18-15)19-6-7-21-16(10-19)13-5-8-22-11-13/h5,8,11-12,14-16,18H,1-4,6-7,9-10H2. The molecular weight excluding hydrogens is 296 g/mol. The average molecular weight is 320 g/mol. The molecule has 22 heavy (non-hydrogen) atoms. The third-order valence-corrected chi connectivity index (χ3v) is 6.16. The highest BCUT2D eigenvalue weighted by Gasteiger charge is 2.40. The zero-order chi connectivity index (χ0) is 14.9. The van der Waals surface area contributed by atoms with E-state index in [-0.39, 0.29) is 18.1 Å². The molecule has 0 bridgehead atoms. The van der Waals surface area contributed by atoms with Gasteiger partial charge in [0, 0.05) is 12.6 Å².